The van der Waals surface area contributed by atoms with Crippen molar-refractivity contribution < 1.29 is 19.0 Å². The lowest BCUT2D eigenvalue weighted by Gasteiger charge is -2.10. The molecule has 38 heavy (non-hydrogen) atoms. The maximum Gasteiger partial charge on any atom is 0.343 e. The molecule has 0 saturated carbocycles. The number of benzene rings is 3. The molecule has 0 aliphatic carbocycles. The van der Waals surface area contributed by atoms with Crippen molar-refractivity contribution in [2.45, 2.75) is 78.1 Å². The van der Waals surface area contributed by atoms with Crippen molar-refractivity contribution in [2.24, 2.45) is 0 Å². The summed E-state index contributed by atoms with van der Waals surface area (Å²) < 4.78 is 17.1. The Morgan fingerprint density at radius 3 is 1.87 bits per heavy atom. The van der Waals surface area contributed by atoms with Crippen LogP contribution < -0.4 is 14.2 Å². The van der Waals surface area contributed by atoms with Gasteiger partial charge in [-0.3, -0.25) is 0 Å². The van der Waals surface area contributed by atoms with Gasteiger partial charge in [-0.15, -0.1) is 0 Å². The summed E-state index contributed by atoms with van der Waals surface area (Å²) in [5.41, 5.74) is 2.41. The van der Waals surface area contributed by atoms with Crippen LogP contribution in [0.1, 0.15) is 88.4 Å². The zero-order chi connectivity index (χ0) is 27.0. The zero-order valence-electron chi connectivity index (χ0n) is 22.8. The molecule has 0 aliphatic rings. The Morgan fingerprint density at radius 1 is 0.632 bits per heavy atom. The molecule has 0 aromatic heterocycles. The monoisotopic (exact) mass is 536 g/mol. The molecule has 0 amide bonds. The number of unbranched alkanes of at least 4 members (excludes halogenated alkanes) is 8. The summed E-state index contributed by atoms with van der Waals surface area (Å²) in [5.74, 6) is 1.57. The summed E-state index contributed by atoms with van der Waals surface area (Å²) in [5, 5.41) is 0.590. The van der Waals surface area contributed by atoms with E-state index in [2.05, 4.69) is 13.8 Å². The average Bonchev–Trinajstić information content (AvgIpc) is 2.94. The fourth-order valence-electron chi connectivity index (χ4n) is 4.15. The lowest BCUT2D eigenvalue weighted by Crippen LogP contribution is -2.08. The van der Waals surface area contributed by atoms with E-state index in [1.807, 2.05) is 42.5 Å². The fraction of sp³-hybridized carbons (Fsp3) is 0.424. The molecule has 0 radical (unpaired) electrons. The van der Waals surface area contributed by atoms with Crippen molar-refractivity contribution in [1.82, 2.24) is 0 Å². The van der Waals surface area contributed by atoms with E-state index in [-0.39, 0.29) is 0 Å². The quantitative estimate of drug-likeness (QED) is 0.0977. The molecule has 0 atom stereocenters. The second-order valence-corrected chi connectivity index (χ2v) is 10.0. The number of carbonyl (C=O) groups is 1. The minimum absolute atomic E-state index is 0.402. The van der Waals surface area contributed by atoms with Crippen LogP contribution in [0.2, 0.25) is 5.02 Å². The highest BCUT2D eigenvalue weighted by Gasteiger charge is 2.11. The summed E-state index contributed by atoms with van der Waals surface area (Å²) in [6.45, 7) is 5.78. The maximum atomic E-state index is 12.6. The molecular formula is C33H41ClO4. The van der Waals surface area contributed by atoms with Crippen LogP contribution in [0.25, 0.3) is 11.1 Å². The van der Waals surface area contributed by atoms with Crippen LogP contribution in [0.4, 0.5) is 0 Å². The van der Waals surface area contributed by atoms with Gasteiger partial charge in [-0.1, -0.05) is 95.0 Å². The normalized spacial score (nSPS) is 10.8. The number of halogens is 1. The third kappa shape index (κ3) is 10.1. The number of ether oxygens (including phenoxy) is 3. The van der Waals surface area contributed by atoms with Gasteiger partial charge in [0.25, 0.3) is 0 Å². The van der Waals surface area contributed by atoms with E-state index in [0.717, 1.165) is 42.6 Å². The second kappa shape index (κ2) is 16.8. The molecule has 0 unspecified atom stereocenters. The van der Waals surface area contributed by atoms with Gasteiger partial charge in [0.2, 0.25) is 0 Å². The van der Waals surface area contributed by atoms with Gasteiger partial charge in [-0.2, -0.15) is 0 Å². The van der Waals surface area contributed by atoms with Crippen LogP contribution in [0, 0.1) is 0 Å². The van der Waals surface area contributed by atoms with Crippen molar-refractivity contribution >= 4 is 17.6 Å². The van der Waals surface area contributed by atoms with E-state index in [4.69, 9.17) is 25.8 Å². The Hall–Kier alpha value is -2.98. The van der Waals surface area contributed by atoms with Crippen LogP contribution in [-0.2, 0) is 0 Å². The molecular weight excluding hydrogens is 496 g/mol. The lowest BCUT2D eigenvalue weighted by molar-refractivity contribution is 0.0734. The van der Waals surface area contributed by atoms with E-state index in [1.165, 1.54) is 38.5 Å². The largest absolute Gasteiger partial charge is 0.494 e. The number of rotatable bonds is 17. The minimum atomic E-state index is -0.402. The van der Waals surface area contributed by atoms with Gasteiger partial charge in [0.1, 0.15) is 17.2 Å². The molecule has 5 heteroatoms. The number of hydrogen-bond donors (Lipinski definition) is 0. The number of hydrogen-bond acceptors (Lipinski definition) is 4. The van der Waals surface area contributed by atoms with Gasteiger partial charge in [0.05, 0.1) is 23.8 Å². The topological polar surface area (TPSA) is 44.8 Å². The molecule has 0 spiro atoms. The second-order valence-electron chi connectivity index (χ2n) is 9.61. The highest BCUT2D eigenvalue weighted by molar-refractivity contribution is 6.32. The Labute approximate surface area is 233 Å². The average molecular weight is 537 g/mol. The molecule has 0 heterocycles. The van der Waals surface area contributed by atoms with Crippen molar-refractivity contribution in [2.75, 3.05) is 13.2 Å². The van der Waals surface area contributed by atoms with E-state index < -0.39 is 5.97 Å². The first-order chi connectivity index (χ1) is 18.6. The van der Waals surface area contributed by atoms with E-state index in [0.29, 0.717) is 35.3 Å². The van der Waals surface area contributed by atoms with Crippen LogP contribution in [0.5, 0.6) is 17.2 Å². The van der Waals surface area contributed by atoms with Crippen LogP contribution >= 0.6 is 11.6 Å². The summed E-state index contributed by atoms with van der Waals surface area (Å²) >= 11 is 6.49. The summed E-state index contributed by atoms with van der Waals surface area (Å²) in [7, 11) is 0. The summed E-state index contributed by atoms with van der Waals surface area (Å²) in [6, 6.07) is 20.3. The Kier molecular flexibility index (Phi) is 13.1. The SMILES string of the molecule is CCCCCCCCCOc1ccc(-c2ccc(C(=O)Oc3ccc(OCCCCC)cc3)cc2)cc1Cl. The standard InChI is InChI=1S/C33H41ClO4/c1-3-5-7-8-9-10-12-24-37-32-22-17-28(25-31(32)34)26-13-15-27(16-14-26)33(35)38-30-20-18-29(19-21-30)36-23-11-6-4-2/h13-22,25H,3-12,23-24H2,1-2H3. The molecule has 0 bridgehead atoms. The summed E-state index contributed by atoms with van der Waals surface area (Å²) in [6.07, 6.45) is 12.1. The third-order valence-electron chi connectivity index (χ3n) is 6.44. The van der Waals surface area contributed by atoms with Crippen LogP contribution in [-0.4, -0.2) is 19.2 Å². The van der Waals surface area contributed by atoms with Crippen molar-refractivity contribution in [3.63, 3.8) is 0 Å². The predicted molar refractivity (Wildman–Crippen MR) is 157 cm³/mol. The first kappa shape index (κ1) is 29.6. The van der Waals surface area contributed by atoms with Crippen LogP contribution in [0.15, 0.2) is 66.7 Å². The molecule has 204 valence electrons. The van der Waals surface area contributed by atoms with Crippen molar-refractivity contribution in [3.8, 4) is 28.4 Å². The smallest absolute Gasteiger partial charge is 0.343 e. The van der Waals surface area contributed by atoms with Crippen molar-refractivity contribution in [1.29, 1.82) is 0 Å². The molecule has 3 aromatic rings. The molecule has 3 rings (SSSR count). The first-order valence-corrected chi connectivity index (χ1v) is 14.5. The number of carbonyl (C=O) groups excluding carboxylic acids is 1. The maximum absolute atomic E-state index is 12.6. The molecule has 3 aromatic carbocycles. The highest BCUT2D eigenvalue weighted by atomic mass is 35.5. The third-order valence-corrected chi connectivity index (χ3v) is 6.74. The highest BCUT2D eigenvalue weighted by Crippen LogP contribution is 2.31. The minimum Gasteiger partial charge on any atom is -0.494 e. The van der Waals surface area contributed by atoms with Gasteiger partial charge in [-0.25, -0.2) is 4.79 Å². The van der Waals surface area contributed by atoms with Gasteiger partial charge < -0.3 is 14.2 Å². The zero-order valence-corrected chi connectivity index (χ0v) is 23.6. The van der Waals surface area contributed by atoms with E-state index in [1.54, 1.807) is 24.3 Å². The van der Waals surface area contributed by atoms with Crippen molar-refractivity contribution in [3.05, 3.63) is 77.3 Å². The fourth-order valence-corrected chi connectivity index (χ4v) is 4.38. The molecule has 0 saturated heterocycles. The molecule has 0 N–H and O–H groups in total. The van der Waals surface area contributed by atoms with Gasteiger partial charge in [0.15, 0.2) is 0 Å². The summed E-state index contributed by atoms with van der Waals surface area (Å²) in [4.78, 5) is 12.6. The van der Waals surface area contributed by atoms with Gasteiger partial charge in [0, 0.05) is 0 Å². The van der Waals surface area contributed by atoms with Gasteiger partial charge >= 0.3 is 5.97 Å². The lowest BCUT2D eigenvalue weighted by atomic mass is 10.0. The first-order valence-electron chi connectivity index (χ1n) is 14.1. The molecule has 4 nitrogen and oxygen atoms in total. The predicted octanol–water partition coefficient (Wildman–Crippen LogP) is 9.92. The molecule has 0 aliphatic heterocycles. The Balaban J connectivity index is 1.46. The Bertz CT molecular complexity index is 1090. The van der Waals surface area contributed by atoms with Gasteiger partial charge in [-0.05, 0) is 72.5 Å². The Morgan fingerprint density at radius 2 is 1.18 bits per heavy atom. The van der Waals surface area contributed by atoms with Crippen LogP contribution in [0.3, 0.4) is 0 Å². The molecule has 0 fully saturated rings. The van der Waals surface area contributed by atoms with E-state index in [9.17, 15) is 4.79 Å². The number of esters is 1. The van der Waals surface area contributed by atoms with E-state index >= 15 is 0 Å².